The number of halogens is 1. The summed E-state index contributed by atoms with van der Waals surface area (Å²) in [5.41, 5.74) is 1.58. The fourth-order valence-corrected chi connectivity index (χ4v) is 5.86. The Kier molecular flexibility index (Phi) is 5.53. The minimum atomic E-state index is -0.905. The smallest absolute Gasteiger partial charge is 0.338 e. The monoisotopic (exact) mass is 507 g/mol. The van der Waals surface area contributed by atoms with E-state index in [-0.39, 0.29) is 15.7 Å². The van der Waals surface area contributed by atoms with Crippen LogP contribution in [0.1, 0.15) is 31.0 Å². The first-order valence-corrected chi connectivity index (χ1v) is 11.8. The molecule has 2 aromatic carbocycles. The zero-order chi connectivity index (χ0) is 25.0. The number of esters is 1. The predicted octanol–water partition coefficient (Wildman–Crippen LogP) is 2.32. The van der Waals surface area contributed by atoms with Crippen molar-refractivity contribution in [2.75, 3.05) is 12.0 Å². The van der Waals surface area contributed by atoms with Crippen LogP contribution in [0.4, 0.5) is 5.69 Å². The Hall–Kier alpha value is -3.82. The van der Waals surface area contributed by atoms with Gasteiger partial charge >= 0.3 is 5.97 Å². The van der Waals surface area contributed by atoms with Gasteiger partial charge < -0.3 is 4.74 Å². The van der Waals surface area contributed by atoms with Crippen LogP contribution in [0.25, 0.3) is 5.57 Å². The number of fused-ring (bicyclic) bond motifs is 2. The number of allylic oxidation sites excluding steroid dienone is 1. The second-order valence-corrected chi connectivity index (χ2v) is 9.35. The number of hydrogen-bond donors (Lipinski definition) is 0. The van der Waals surface area contributed by atoms with Crippen LogP contribution in [-0.2, 0) is 19.1 Å². The standard InChI is InChI=1S/C25H18ClN3O5S/c1-12-18(24(33)34-3)20(14-8-4-6-10-16(14)26)29-23(32)21(35-25(29)27-12)19-15-9-5-7-11-17(15)28(13(2)30)22(19)31/h4-11,20H,1-3H3. The minimum absolute atomic E-state index is 0.123. The molecule has 0 radical (unpaired) electrons. The van der Waals surface area contributed by atoms with Crippen LogP contribution in [0.3, 0.4) is 0 Å². The summed E-state index contributed by atoms with van der Waals surface area (Å²) in [5.74, 6) is -1.68. The highest BCUT2D eigenvalue weighted by atomic mass is 35.5. The Labute approximate surface area is 208 Å². The van der Waals surface area contributed by atoms with Crippen molar-refractivity contribution in [1.82, 2.24) is 4.57 Å². The van der Waals surface area contributed by atoms with Crippen molar-refractivity contribution in [3.63, 3.8) is 0 Å². The van der Waals surface area contributed by atoms with Gasteiger partial charge in [0, 0.05) is 17.5 Å². The topological polar surface area (TPSA) is 98.0 Å². The number of thiazole rings is 1. The second kappa shape index (κ2) is 8.44. The van der Waals surface area contributed by atoms with Crippen molar-refractivity contribution < 1.29 is 19.1 Å². The van der Waals surface area contributed by atoms with Crippen molar-refractivity contribution in [2.45, 2.75) is 19.9 Å². The molecule has 3 heterocycles. The molecule has 0 fully saturated rings. The van der Waals surface area contributed by atoms with Crippen LogP contribution in [0.2, 0.25) is 5.02 Å². The lowest BCUT2D eigenvalue weighted by atomic mass is 9.96. The first-order valence-electron chi connectivity index (χ1n) is 10.6. The third-order valence-corrected chi connectivity index (χ3v) is 7.37. The molecule has 2 aliphatic rings. The van der Waals surface area contributed by atoms with Crippen molar-refractivity contribution in [3.8, 4) is 0 Å². The fourth-order valence-electron chi connectivity index (χ4n) is 4.48. The van der Waals surface area contributed by atoms with Crippen molar-refractivity contribution >= 4 is 52.0 Å². The lowest BCUT2D eigenvalue weighted by molar-refractivity contribution is -0.136. The zero-order valence-corrected chi connectivity index (χ0v) is 20.4. The highest BCUT2D eigenvalue weighted by Gasteiger charge is 2.38. The maximum atomic E-state index is 13.9. The fraction of sp³-hybridized carbons (Fsp3) is 0.160. The maximum absolute atomic E-state index is 13.9. The normalized spacial score (nSPS) is 18.2. The lowest BCUT2D eigenvalue weighted by Crippen LogP contribution is -2.41. The molecule has 1 unspecified atom stereocenters. The van der Waals surface area contributed by atoms with E-state index in [2.05, 4.69) is 4.99 Å². The van der Waals surface area contributed by atoms with Gasteiger partial charge in [-0.15, -0.1) is 0 Å². The Bertz CT molecular complexity index is 1670. The average molecular weight is 508 g/mol. The summed E-state index contributed by atoms with van der Waals surface area (Å²) in [7, 11) is 1.25. The van der Waals surface area contributed by atoms with Crippen LogP contribution >= 0.6 is 22.9 Å². The summed E-state index contributed by atoms with van der Waals surface area (Å²) in [6.45, 7) is 2.95. The quantitative estimate of drug-likeness (QED) is 0.496. The molecule has 35 heavy (non-hydrogen) atoms. The summed E-state index contributed by atoms with van der Waals surface area (Å²) >= 11 is 7.52. The van der Waals surface area contributed by atoms with Gasteiger partial charge in [0.15, 0.2) is 4.80 Å². The van der Waals surface area contributed by atoms with E-state index in [4.69, 9.17) is 16.3 Å². The number of para-hydroxylation sites is 1. The van der Waals surface area contributed by atoms with E-state index in [9.17, 15) is 19.2 Å². The third-order valence-electron chi connectivity index (χ3n) is 5.98. The van der Waals surface area contributed by atoms with E-state index in [1.54, 1.807) is 55.5 Å². The highest BCUT2D eigenvalue weighted by Crippen LogP contribution is 2.36. The number of aromatic nitrogens is 1. The van der Waals surface area contributed by atoms with Gasteiger partial charge in [0.1, 0.15) is 10.6 Å². The van der Waals surface area contributed by atoms with Crippen molar-refractivity contribution in [2.24, 2.45) is 4.99 Å². The molecule has 2 amide bonds. The third kappa shape index (κ3) is 3.38. The molecular weight excluding hydrogens is 490 g/mol. The number of hydrogen-bond acceptors (Lipinski definition) is 7. The van der Waals surface area contributed by atoms with E-state index in [1.807, 2.05) is 0 Å². The van der Waals surface area contributed by atoms with Gasteiger partial charge in [-0.25, -0.2) is 14.7 Å². The number of ether oxygens (including phenoxy) is 1. The summed E-state index contributed by atoms with van der Waals surface area (Å²) in [4.78, 5) is 58.2. The average Bonchev–Trinajstić information content (AvgIpc) is 3.30. The molecule has 176 valence electrons. The molecule has 8 nitrogen and oxygen atoms in total. The minimum Gasteiger partial charge on any atom is -0.466 e. The summed E-state index contributed by atoms with van der Waals surface area (Å²) in [6, 6.07) is 12.8. The van der Waals surface area contributed by atoms with Gasteiger partial charge in [-0.05, 0) is 24.6 Å². The van der Waals surface area contributed by atoms with E-state index >= 15 is 0 Å². The van der Waals surface area contributed by atoms with Gasteiger partial charge in [-0.2, -0.15) is 0 Å². The Morgan fingerprint density at radius 1 is 1.09 bits per heavy atom. The van der Waals surface area contributed by atoms with Gasteiger partial charge in [0.2, 0.25) is 5.91 Å². The first-order chi connectivity index (χ1) is 16.8. The van der Waals surface area contributed by atoms with Crippen LogP contribution < -0.4 is 19.8 Å². The molecule has 0 spiro atoms. The summed E-state index contributed by atoms with van der Waals surface area (Å²) in [6.07, 6.45) is 0. The largest absolute Gasteiger partial charge is 0.466 e. The number of carbonyl (C=O) groups is 3. The summed E-state index contributed by atoms with van der Waals surface area (Å²) < 4.78 is 6.49. The van der Waals surface area contributed by atoms with E-state index in [0.29, 0.717) is 32.3 Å². The Morgan fingerprint density at radius 2 is 1.77 bits per heavy atom. The number of rotatable bonds is 2. The highest BCUT2D eigenvalue weighted by molar-refractivity contribution is 7.07. The molecule has 1 atom stereocenters. The number of carbonyl (C=O) groups excluding carboxylic acids is 3. The molecule has 2 aliphatic heterocycles. The van der Waals surface area contributed by atoms with E-state index in [1.165, 1.54) is 18.6 Å². The molecule has 0 N–H and O–H groups in total. The van der Waals surface area contributed by atoms with E-state index < -0.39 is 29.4 Å². The van der Waals surface area contributed by atoms with Gasteiger partial charge in [-0.3, -0.25) is 19.0 Å². The Balaban J connectivity index is 1.88. The molecule has 10 heteroatoms. The van der Waals surface area contributed by atoms with Crippen LogP contribution in [0.15, 0.2) is 69.6 Å². The number of methoxy groups -OCH3 is 1. The molecule has 0 saturated carbocycles. The number of imide groups is 1. The van der Waals surface area contributed by atoms with Gasteiger partial charge in [-0.1, -0.05) is 59.3 Å². The summed E-state index contributed by atoms with van der Waals surface area (Å²) in [5, 5.41) is 0.358. The molecule has 0 aliphatic carbocycles. The lowest BCUT2D eigenvalue weighted by Gasteiger charge is -2.25. The molecule has 5 rings (SSSR count). The second-order valence-electron chi connectivity index (χ2n) is 7.97. The molecular formula is C25H18ClN3O5S. The van der Waals surface area contributed by atoms with Gasteiger partial charge in [0.05, 0.1) is 29.6 Å². The number of amides is 2. The van der Waals surface area contributed by atoms with Crippen molar-refractivity contribution in [1.29, 1.82) is 0 Å². The van der Waals surface area contributed by atoms with Gasteiger partial charge in [0.25, 0.3) is 11.5 Å². The molecule has 0 saturated heterocycles. The number of benzene rings is 2. The molecule has 1 aromatic heterocycles. The molecule has 0 bridgehead atoms. The zero-order valence-electron chi connectivity index (χ0n) is 18.9. The predicted molar refractivity (Wildman–Crippen MR) is 131 cm³/mol. The molecule has 3 aromatic rings. The van der Waals surface area contributed by atoms with E-state index in [0.717, 1.165) is 16.2 Å². The first kappa shape index (κ1) is 22.9. The Morgan fingerprint density at radius 3 is 2.46 bits per heavy atom. The van der Waals surface area contributed by atoms with Crippen LogP contribution in [0, 0.1) is 0 Å². The maximum Gasteiger partial charge on any atom is 0.338 e. The van der Waals surface area contributed by atoms with Crippen molar-refractivity contribution in [3.05, 3.63) is 95.6 Å². The number of anilines is 1. The SMILES string of the molecule is COC(=O)C1=C(C)N=c2sc(=C3C(=O)N(C(C)=O)c4ccccc43)c(=O)n2C1c1ccccc1Cl. The number of nitrogens with zero attached hydrogens (tertiary/aromatic N) is 3. The van der Waals surface area contributed by atoms with Crippen LogP contribution in [0.5, 0.6) is 0 Å². The van der Waals surface area contributed by atoms with Crippen LogP contribution in [-0.4, -0.2) is 29.5 Å².